The average molecular weight is 298 g/mol. The minimum Gasteiger partial charge on any atom is -0.195 e. The zero-order chi connectivity index (χ0) is 11.7. The van der Waals surface area contributed by atoms with Gasteiger partial charge in [0, 0.05) is 0 Å². The molecular formula is C8H4Cl4N4. The number of alkyl halides is 1. The smallest absolute Gasteiger partial charge is 0.171 e. The first-order chi connectivity index (χ1) is 7.63. The fourth-order valence-corrected chi connectivity index (χ4v) is 1.94. The molecule has 0 unspecified atom stereocenters. The van der Waals surface area contributed by atoms with E-state index in [-0.39, 0.29) is 5.88 Å². The molecule has 8 heteroatoms. The van der Waals surface area contributed by atoms with E-state index in [0.717, 1.165) is 0 Å². The highest BCUT2D eigenvalue weighted by Crippen LogP contribution is 2.31. The third kappa shape index (κ3) is 2.11. The summed E-state index contributed by atoms with van der Waals surface area (Å²) in [5.41, 5.74) is 0.539. The van der Waals surface area contributed by atoms with E-state index in [0.29, 0.717) is 26.6 Å². The van der Waals surface area contributed by atoms with Gasteiger partial charge in [0.25, 0.3) is 0 Å². The first kappa shape index (κ1) is 11.9. The van der Waals surface area contributed by atoms with Crippen LogP contribution in [0.1, 0.15) is 5.82 Å². The molecule has 0 spiro atoms. The van der Waals surface area contributed by atoms with Crippen molar-refractivity contribution < 1.29 is 0 Å². The third-order valence-electron chi connectivity index (χ3n) is 1.87. The Morgan fingerprint density at radius 3 is 2.44 bits per heavy atom. The summed E-state index contributed by atoms with van der Waals surface area (Å²) in [6.45, 7) is 0. The Hall–Kier alpha value is -0.550. The first-order valence-corrected chi connectivity index (χ1v) is 5.78. The van der Waals surface area contributed by atoms with Gasteiger partial charge in [-0.05, 0) is 22.6 Å². The lowest BCUT2D eigenvalue weighted by molar-refractivity contribution is 0.777. The van der Waals surface area contributed by atoms with Gasteiger partial charge in [0.15, 0.2) is 5.82 Å². The second kappa shape index (κ2) is 4.75. The maximum Gasteiger partial charge on any atom is 0.171 e. The predicted molar refractivity (Wildman–Crippen MR) is 63.7 cm³/mol. The van der Waals surface area contributed by atoms with Crippen molar-refractivity contribution in [1.29, 1.82) is 0 Å². The number of rotatable bonds is 2. The quantitative estimate of drug-likeness (QED) is 0.630. The van der Waals surface area contributed by atoms with Crippen molar-refractivity contribution in [2.75, 3.05) is 0 Å². The van der Waals surface area contributed by atoms with Gasteiger partial charge >= 0.3 is 0 Å². The summed E-state index contributed by atoms with van der Waals surface area (Å²) in [4.78, 5) is 0. The highest BCUT2D eigenvalue weighted by molar-refractivity contribution is 6.43. The van der Waals surface area contributed by atoms with Crippen molar-refractivity contribution in [3.63, 3.8) is 0 Å². The van der Waals surface area contributed by atoms with Crippen molar-refractivity contribution in [3.8, 4) is 5.69 Å². The second-order valence-corrected chi connectivity index (χ2v) is 4.35. The van der Waals surface area contributed by atoms with Gasteiger partial charge in [-0.1, -0.05) is 34.8 Å². The Bertz CT molecular complexity index is 525. The molecule has 0 saturated heterocycles. The summed E-state index contributed by atoms with van der Waals surface area (Å²) >= 11 is 23.4. The van der Waals surface area contributed by atoms with Gasteiger partial charge in [0.1, 0.15) is 0 Å². The maximum atomic E-state index is 6.02. The van der Waals surface area contributed by atoms with Crippen LogP contribution < -0.4 is 0 Å². The second-order valence-electron chi connectivity index (χ2n) is 2.86. The number of halogens is 4. The molecular weight excluding hydrogens is 294 g/mol. The van der Waals surface area contributed by atoms with Crippen LogP contribution in [0.15, 0.2) is 12.1 Å². The van der Waals surface area contributed by atoms with Gasteiger partial charge in [-0.3, -0.25) is 0 Å². The summed E-state index contributed by atoms with van der Waals surface area (Å²) in [5, 5.41) is 12.2. The normalized spacial score (nSPS) is 10.8. The third-order valence-corrected chi connectivity index (χ3v) is 3.14. The van der Waals surface area contributed by atoms with Crippen LogP contribution in [0.5, 0.6) is 0 Å². The highest BCUT2D eigenvalue weighted by Gasteiger charge is 2.12. The molecule has 0 radical (unpaired) electrons. The Balaban J connectivity index is 2.60. The van der Waals surface area contributed by atoms with Gasteiger partial charge in [0.05, 0.1) is 26.6 Å². The molecule has 4 nitrogen and oxygen atoms in total. The van der Waals surface area contributed by atoms with Crippen LogP contribution in [0.25, 0.3) is 5.69 Å². The molecule has 0 fully saturated rings. The maximum absolute atomic E-state index is 6.02. The van der Waals surface area contributed by atoms with Gasteiger partial charge in [-0.15, -0.1) is 16.7 Å². The summed E-state index contributed by atoms with van der Waals surface area (Å²) in [6.07, 6.45) is 0. The number of benzene rings is 1. The van der Waals surface area contributed by atoms with E-state index in [1.165, 1.54) is 10.7 Å². The average Bonchev–Trinajstić information content (AvgIpc) is 2.71. The van der Waals surface area contributed by atoms with E-state index in [1.54, 1.807) is 6.07 Å². The molecule has 2 rings (SSSR count). The Morgan fingerprint density at radius 1 is 1.06 bits per heavy atom. The van der Waals surface area contributed by atoms with Crippen LogP contribution in [0.3, 0.4) is 0 Å². The molecule has 16 heavy (non-hydrogen) atoms. The fourth-order valence-electron chi connectivity index (χ4n) is 1.15. The molecule has 1 aromatic heterocycles. The summed E-state index contributed by atoms with van der Waals surface area (Å²) in [6, 6.07) is 3.11. The molecule has 84 valence electrons. The van der Waals surface area contributed by atoms with Crippen LogP contribution in [-0.4, -0.2) is 20.2 Å². The van der Waals surface area contributed by atoms with E-state index >= 15 is 0 Å². The van der Waals surface area contributed by atoms with Crippen molar-refractivity contribution in [1.82, 2.24) is 20.2 Å². The van der Waals surface area contributed by atoms with Crippen LogP contribution in [0, 0.1) is 0 Å². The molecule has 0 bridgehead atoms. The van der Waals surface area contributed by atoms with Crippen molar-refractivity contribution in [3.05, 3.63) is 33.0 Å². The Morgan fingerprint density at radius 2 is 1.75 bits per heavy atom. The minimum absolute atomic E-state index is 0.170. The molecule has 0 atom stereocenters. The van der Waals surface area contributed by atoms with Crippen LogP contribution in [0.2, 0.25) is 15.1 Å². The number of hydrogen-bond acceptors (Lipinski definition) is 3. The van der Waals surface area contributed by atoms with E-state index in [2.05, 4.69) is 15.5 Å². The predicted octanol–water partition coefficient (Wildman–Crippen LogP) is 3.36. The Kier molecular flexibility index (Phi) is 3.54. The summed E-state index contributed by atoms with van der Waals surface area (Å²) < 4.78 is 1.41. The zero-order valence-corrected chi connectivity index (χ0v) is 10.7. The summed E-state index contributed by atoms with van der Waals surface area (Å²) in [7, 11) is 0. The van der Waals surface area contributed by atoms with E-state index in [1.807, 2.05) is 0 Å². The molecule has 1 heterocycles. The molecule has 0 saturated carbocycles. The zero-order valence-electron chi connectivity index (χ0n) is 7.66. The molecule has 0 amide bonds. The van der Waals surface area contributed by atoms with Crippen LogP contribution >= 0.6 is 46.4 Å². The number of aromatic nitrogens is 4. The van der Waals surface area contributed by atoms with E-state index in [4.69, 9.17) is 46.4 Å². The van der Waals surface area contributed by atoms with Gasteiger partial charge in [-0.2, -0.15) is 4.68 Å². The minimum atomic E-state index is 0.170. The molecule has 0 aliphatic carbocycles. The standard InChI is InChI=1S/C8H4Cl4N4/c9-3-8-13-14-15-16(8)7-2-5(11)4(10)1-6(7)12/h1-2H,3H2. The van der Waals surface area contributed by atoms with Gasteiger partial charge in [-0.25, -0.2) is 0 Å². The topological polar surface area (TPSA) is 43.6 Å². The lowest BCUT2D eigenvalue weighted by Gasteiger charge is -2.06. The SMILES string of the molecule is ClCc1nnnn1-c1cc(Cl)c(Cl)cc1Cl. The van der Waals surface area contributed by atoms with E-state index in [9.17, 15) is 0 Å². The molecule has 2 aromatic rings. The molecule has 0 aliphatic heterocycles. The van der Waals surface area contributed by atoms with Crippen molar-refractivity contribution in [2.45, 2.75) is 5.88 Å². The van der Waals surface area contributed by atoms with Crippen LogP contribution in [0.4, 0.5) is 0 Å². The molecule has 1 aromatic carbocycles. The van der Waals surface area contributed by atoms with E-state index < -0.39 is 0 Å². The lowest BCUT2D eigenvalue weighted by atomic mass is 10.3. The van der Waals surface area contributed by atoms with Crippen molar-refractivity contribution in [2.24, 2.45) is 0 Å². The van der Waals surface area contributed by atoms with Gasteiger partial charge < -0.3 is 0 Å². The first-order valence-electron chi connectivity index (χ1n) is 4.11. The monoisotopic (exact) mass is 296 g/mol. The number of nitrogens with zero attached hydrogens (tertiary/aromatic N) is 4. The summed E-state index contributed by atoms with van der Waals surface area (Å²) in [5.74, 6) is 0.644. The van der Waals surface area contributed by atoms with Gasteiger partial charge in [0.2, 0.25) is 0 Å². The number of tetrazole rings is 1. The largest absolute Gasteiger partial charge is 0.195 e. The number of hydrogen-bond donors (Lipinski definition) is 0. The lowest BCUT2D eigenvalue weighted by Crippen LogP contribution is -2.02. The fraction of sp³-hybridized carbons (Fsp3) is 0.125. The Labute approximate surface area is 111 Å². The molecule has 0 aliphatic rings. The van der Waals surface area contributed by atoms with Crippen LogP contribution in [-0.2, 0) is 5.88 Å². The highest BCUT2D eigenvalue weighted by atomic mass is 35.5. The molecule has 0 N–H and O–H groups in total. The van der Waals surface area contributed by atoms with Crippen molar-refractivity contribution >= 4 is 46.4 Å².